The van der Waals surface area contributed by atoms with Gasteiger partial charge in [0.15, 0.2) is 23.0 Å². The highest BCUT2D eigenvalue weighted by Gasteiger charge is 2.13. The van der Waals surface area contributed by atoms with Gasteiger partial charge in [0.25, 0.3) is 0 Å². The maximum absolute atomic E-state index is 13.5. The highest BCUT2D eigenvalue weighted by Crippen LogP contribution is 2.26. The number of thioether (sulfide) groups is 1. The highest BCUT2D eigenvalue weighted by atomic mass is 32.2. The van der Waals surface area contributed by atoms with E-state index in [4.69, 9.17) is 10.4 Å². The third-order valence-electron chi connectivity index (χ3n) is 1.89. The number of aliphatic hydroxyl groups excluding tert-OH is 1. The van der Waals surface area contributed by atoms with Crippen molar-refractivity contribution in [3.05, 3.63) is 29.3 Å². The van der Waals surface area contributed by atoms with Crippen LogP contribution in [0.3, 0.4) is 0 Å². The van der Waals surface area contributed by atoms with Crippen molar-refractivity contribution in [1.82, 2.24) is 5.32 Å². The van der Waals surface area contributed by atoms with E-state index in [1.165, 1.54) is 6.07 Å². The molecule has 2 N–H and O–H groups in total. The molecular formula is C10H9F2N3OS. The summed E-state index contributed by atoms with van der Waals surface area (Å²) in [4.78, 5) is 3.77. The number of nitriles is 1. The van der Waals surface area contributed by atoms with Crippen molar-refractivity contribution in [2.45, 2.75) is 6.61 Å². The quantitative estimate of drug-likeness (QED) is 0.367. The second-order valence-corrected chi connectivity index (χ2v) is 3.68. The lowest BCUT2D eigenvalue weighted by molar-refractivity contribution is 0.281. The molecule has 0 atom stereocenters. The number of rotatable bonds is 2. The van der Waals surface area contributed by atoms with Crippen molar-refractivity contribution in [1.29, 1.82) is 5.26 Å². The normalized spacial score (nSPS) is 11.1. The van der Waals surface area contributed by atoms with Crippen LogP contribution in [0.25, 0.3) is 0 Å². The van der Waals surface area contributed by atoms with Crippen molar-refractivity contribution < 1.29 is 13.9 Å². The minimum atomic E-state index is -1.15. The van der Waals surface area contributed by atoms with E-state index in [-0.39, 0.29) is 16.4 Å². The summed E-state index contributed by atoms with van der Waals surface area (Å²) in [6.07, 6.45) is 3.25. The topological polar surface area (TPSA) is 68.4 Å². The zero-order valence-electron chi connectivity index (χ0n) is 8.87. The summed E-state index contributed by atoms with van der Waals surface area (Å²) in [5.74, 6) is -2.21. The Morgan fingerprint density at radius 3 is 2.82 bits per heavy atom. The minimum Gasteiger partial charge on any atom is -0.392 e. The van der Waals surface area contributed by atoms with Crippen molar-refractivity contribution in [2.75, 3.05) is 6.26 Å². The number of nitrogens with one attached hydrogen (secondary N) is 1. The molecule has 1 rings (SSSR count). The number of hydrogen-bond acceptors (Lipinski definition) is 4. The minimum absolute atomic E-state index is 0.117. The SMILES string of the molecule is CSC(=Nc1c(CO)ccc(F)c1F)NC#N. The van der Waals surface area contributed by atoms with E-state index in [1.54, 1.807) is 12.4 Å². The molecule has 17 heavy (non-hydrogen) atoms. The van der Waals surface area contributed by atoms with Gasteiger partial charge in [0.05, 0.1) is 6.61 Å². The van der Waals surface area contributed by atoms with Gasteiger partial charge in [-0.1, -0.05) is 17.8 Å². The average Bonchev–Trinajstić information content (AvgIpc) is 2.34. The molecule has 0 radical (unpaired) electrons. The zero-order valence-corrected chi connectivity index (χ0v) is 9.68. The molecule has 1 aromatic carbocycles. The molecule has 0 aromatic heterocycles. The summed E-state index contributed by atoms with van der Waals surface area (Å²) in [7, 11) is 0. The standard InChI is InChI=1S/C10H9F2N3OS/c1-17-10(14-5-13)15-9-6(4-16)2-3-7(11)8(9)12/h2-3,16H,4H2,1H3,(H,14,15). The van der Waals surface area contributed by atoms with Crippen LogP contribution in [-0.4, -0.2) is 16.5 Å². The Morgan fingerprint density at radius 1 is 1.59 bits per heavy atom. The van der Waals surface area contributed by atoms with E-state index in [1.807, 2.05) is 0 Å². The number of nitrogens with zero attached hydrogens (tertiary/aromatic N) is 2. The van der Waals surface area contributed by atoms with E-state index < -0.39 is 18.2 Å². The van der Waals surface area contributed by atoms with E-state index in [2.05, 4.69) is 10.3 Å². The average molecular weight is 257 g/mol. The highest BCUT2D eigenvalue weighted by molar-refractivity contribution is 8.13. The maximum Gasteiger partial charge on any atom is 0.184 e. The Morgan fingerprint density at radius 2 is 2.29 bits per heavy atom. The third-order valence-corrected chi connectivity index (χ3v) is 2.47. The molecule has 4 nitrogen and oxygen atoms in total. The summed E-state index contributed by atoms with van der Waals surface area (Å²) >= 11 is 1.07. The summed E-state index contributed by atoms with van der Waals surface area (Å²) in [6.45, 7) is -0.468. The molecule has 0 aliphatic heterocycles. The number of aliphatic imine (C=N–C) groups is 1. The number of hydrogen-bond donors (Lipinski definition) is 2. The van der Waals surface area contributed by atoms with Crippen molar-refractivity contribution in [2.24, 2.45) is 4.99 Å². The molecule has 0 unspecified atom stereocenters. The maximum atomic E-state index is 13.5. The van der Waals surface area contributed by atoms with Gasteiger partial charge in [0, 0.05) is 5.56 Å². The van der Waals surface area contributed by atoms with Crippen molar-refractivity contribution in [3.8, 4) is 6.19 Å². The predicted octanol–water partition coefficient (Wildman–Crippen LogP) is 1.88. The van der Waals surface area contributed by atoms with Crippen LogP contribution < -0.4 is 5.32 Å². The fourth-order valence-corrected chi connectivity index (χ4v) is 1.43. The molecule has 7 heteroatoms. The first-order chi connectivity index (χ1) is 8.13. The molecule has 0 fully saturated rings. The third kappa shape index (κ3) is 3.15. The Labute approximate surface area is 101 Å². The number of amidine groups is 1. The first-order valence-corrected chi connectivity index (χ1v) is 5.72. The Kier molecular flexibility index (Phi) is 4.87. The van der Waals surface area contributed by atoms with Gasteiger partial charge in [-0.15, -0.1) is 0 Å². The van der Waals surface area contributed by atoms with Crippen LogP contribution in [0.2, 0.25) is 0 Å². The van der Waals surface area contributed by atoms with Crippen LogP contribution in [-0.2, 0) is 6.61 Å². The van der Waals surface area contributed by atoms with Crippen LogP contribution in [0.15, 0.2) is 17.1 Å². The lowest BCUT2D eigenvalue weighted by atomic mass is 10.2. The number of halogens is 2. The largest absolute Gasteiger partial charge is 0.392 e. The summed E-state index contributed by atoms with van der Waals surface area (Å²) in [6, 6.07) is 2.15. The van der Waals surface area contributed by atoms with Gasteiger partial charge in [-0.2, -0.15) is 5.26 Å². The van der Waals surface area contributed by atoms with Gasteiger partial charge in [-0.25, -0.2) is 13.8 Å². The monoisotopic (exact) mass is 257 g/mol. The Balaban J connectivity index is 3.29. The van der Waals surface area contributed by atoms with E-state index in [9.17, 15) is 8.78 Å². The van der Waals surface area contributed by atoms with E-state index in [0.717, 1.165) is 17.8 Å². The van der Waals surface area contributed by atoms with Crippen LogP contribution in [0, 0.1) is 23.1 Å². The van der Waals surface area contributed by atoms with Gasteiger partial charge >= 0.3 is 0 Å². The lowest BCUT2D eigenvalue weighted by Crippen LogP contribution is -2.13. The summed E-state index contributed by atoms with van der Waals surface area (Å²) in [5, 5.41) is 19.8. The molecular weight excluding hydrogens is 248 g/mol. The van der Waals surface area contributed by atoms with Crippen LogP contribution in [0.4, 0.5) is 14.5 Å². The molecule has 0 saturated heterocycles. The second-order valence-electron chi connectivity index (χ2n) is 2.89. The number of aliphatic hydroxyl groups is 1. The molecule has 0 heterocycles. The van der Waals surface area contributed by atoms with Gasteiger partial charge in [-0.05, 0) is 12.3 Å². The van der Waals surface area contributed by atoms with Gasteiger partial charge < -0.3 is 5.11 Å². The smallest absolute Gasteiger partial charge is 0.184 e. The van der Waals surface area contributed by atoms with Crippen LogP contribution in [0.5, 0.6) is 0 Å². The summed E-state index contributed by atoms with van der Waals surface area (Å²) < 4.78 is 26.5. The second kappa shape index (κ2) is 6.18. The van der Waals surface area contributed by atoms with E-state index in [0.29, 0.717) is 0 Å². The lowest BCUT2D eigenvalue weighted by Gasteiger charge is -2.06. The molecule has 0 bridgehead atoms. The Bertz CT molecular complexity index is 485. The van der Waals surface area contributed by atoms with Crippen molar-refractivity contribution >= 4 is 22.6 Å². The van der Waals surface area contributed by atoms with Gasteiger partial charge in [0.2, 0.25) is 0 Å². The van der Waals surface area contributed by atoms with Gasteiger partial charge in [-0.3, -0.25) is 5.32 Å². The summed E-state index contributed by atoms with van der Waals surface area (Å²) in [5.41, 5.74) is -0.158. The molecule has 0 aliphatic rings. The van der Waals surface area contributed by atoms with Crippen molar-refractivity contribution in [3.63, 3.8) is 0 Å². The number of benzene rings is 1. The first-order valence-electron chi connectivity index (χ1n) is 4.49. The molecule has 0 aliphatic carbocycles. The fraction of sp³-hybridized carbons (Fsp3) is 0.200. The van der Waals surface area contributed by atoms with Gasteiger partial charge in [0.1, 0.15) is 5.69 Å². The molecule has 0 spiro atoms. The fourth-order valence-electron chi connectivity index (χ4n) is 1.10. The molecule has 1 aromatic rings. The predicted molar refractivity (Wildman–Crippen MR) is 61.6 cm³/mol. The van der Waals surface area contributed by atoms with Crippen LogP contribution in [0.1, 0.15) is 5.56 Å². The van der Waals surface area contributed by atoms with E-state index >= 15 is 0 Å². The zero-order chi connectivity index (χ0) is 12.8. The first kappa shape index (κ1) is 13.4. The molecule has 0 amide bonds. The molecule has 90 valence electrons. The molecule has 0 saturated carbocycles. The Hall–Kier alpha value is -1.65. The van der Waals surface area contributed by atoms with Crippen LogP contribution >= 0.6 is 11.8 Å².